The zero-order valence-corrected chi connectivity index (χ0v) is 11.0. The molecular weight excluding hydrogens is 246 g/mol. The smallest absolute Gasteiger partial charge is 0.336 e. The molecule has 1 atom stereocenters. The van der Waals surface area contributed by atoms with Crippen LogP contribution in [-0.2, 0) is 16.0 Å². The quantitative estimate of drug-likeness (QED) is 0.867. The van der Waals surface area contributed by atoms with Crippen LogP contribution in [0.2, 0.25) is 0 Å². The highest BCUT2D eigenvalue weighted by molar-refractivity contribution is 5.89. The molecule has 1 saturated heterocycles. The van der Waals surface area contributed by atoms with Gasteiger partial charge in [0.25, 0.3) is 0 Å². The maximum atomic E-state index is 11.1. The predicted octanol–water partition coefficient (Wildman–Crippen LogP) is 1.23. The third kappa shape index (κ3) is 4.02. The lowest BCUT2D eigenvalue weighted by Crippen LogP contribution is -2.38. The lowest BCUT2D eigenvalue weighted by atomic mass is 10.1. The van der Waals surface area contributed by atoms with Crippen LogP contribution in [0.4, 0.5) is 0 Å². The minimum atomic E-state index is -0.888. The lowest BCUT2D eigenvalue weighted by Gasteiger charge is -2.27. The Bertz CT molecular complexity index is 429. The first kappa shape index (κ1) is 14.0. The molecule has 1 aromatic carbocycles. The van der Waals surface area contributed by atoms with Gasteiger partial charge in [0.05, 0.1) is 31.5 Å². The number of nitrogens with zero attached hydrogens (tertiary/aromatic N) is 1. The Labute approximate surface area is 112 Å². The van der Waals surface area contributed by atoms with Crippen LogP contribution < -0.4 is 0 Å². The van der Waals surface area contributed by atoms with Crippen molar-refractivity contribution in [3.8, 4) is 0 Å². The highest BCUT2D eigenvalue weighted by Gasteiger charge is 2.17. The fourth-order valence-corrected chi connectivity index (χ4v) is 2.21. The molecule has 5 nitrogen and oxygen atoms in total. The molecular formula is C14H19NO4. The normalized spacial score (nSPS) is 19.6. The van der Waals surface area contributed by atoms with Gasteiger partial charge in [-0.1, -0.05) is 18.2 Å². The SMILES string of the molecule is CN(Cc1ccccc1C(=O)O)C[C@@H]1COCCO1. The fraction of sp³-hybridized carbons (Fsp3) is 0.500. The zero-order valence-electron chi connectivity index (χ0n) is 11.0. The van der Waals surface area contributed by atoms with Crippen molar-refractivity contribution in [1.82, 2.24) is 4.90 Å². The molecule has 1 aromatic rings. The van der Waals surface area contributed by atoms with Gasteiger partial charge in [-0.05, 0) is 18.7 Å². The van der Waals surface area contributed by atoms with Gasteiger partial charge < -0.3 is 14.6 Å². The number of benzene rings is 1. The number of aromatic carboxylic acids is 1. The van der Waals surface area contributed by atoms with Gasteiger partial charge in [-0.15, -0.1) is 0 Å². The summed E-state index contributed by atoms with van der Waals surface area (Å²) in [5, 5.41) is 9.14. The highest BCUT2D eigenvalue weighted by Crippen LogP contribution is 2.12. The molecule has 0 saturated carbocycles. The van der Waals surface area contributed by atoms with Crippen molar-refractivity contribution >= 4 is 5.97 Å². The summed E-state index contributed by atoms with van der Waals surface area (Å²) in [4.78, 5) is 13.2. The molecule has 0 amide bonds. The predicted molar refractivity (Wildman–Crippen MR) is 70.3 cm³/mol. The van der Waals surface area contributed by atoms with E-state index in [1.54, 1.807) is 12.1 Å². The van der Waals surface area contributed by atoms with Crippen LogP contribution in [0.5, 0.6) is 0 Å². The van der Waals surface area contributed by atoms with E-state index in [2.05, 4.69) is 4.90 Å². The first-order chi connectivity index (χ1) is 9.16. The molecule has 0 bridgehead atoms. The summed E-state index contributed by atoms with van der Waals surface area (Å²) in [5.74, 6) is -0.888. The first-order valence-electron chi connectivity index (χ1n) is 6.36. The maximum absolute atomic E-state index is 11.1. The van der Waals surface area contributed by atoms with Gasteiger partial charge >= 0.3 is 5.97 Å². The second-order valence-corrected chi connectivity index (χ2v) is 4.73. The maximum Gasteiger partial charge on any atom is 0.336 e. The molecule has 1 fully saturated rings. The number of likely N-dealkylation sites (N-methyl/N-ethyl adjacent to an activating group) is 1. The van der Waals surface area contributed by atoms with Gasteiger partial charge in [0.2, 0.25) is 0 Å². The summed E-state index contributed by atoms with van der Waals surface area (Å²) in [6.07, 6.45) is 0.0655. The summed E-state index contributed by atoms with van der Waals surface area (Å²) in [6.45, 7) is 3.20. The van der Waals surface area contributed by atoms with Crippen molar-refractivity contribution in [3.63, 3.8) is 0 Å². The van der Waals surface area contributed by atoms with Crippen LogP contribution in [0.15, 0.2) is 24.3 Å². The summed E-state index contributed by atoms with van der Waals surface area (Å²) >= 11 is 0. The molecule has 0 aromatic heterocycles. The summed E-state index contributed by atoms with van der Waals surface area (Å²) in [5.41, 5.74) is 1.17. The molecule has 0 radical (unpaired) electrons. The molecule has 104 valence electrons. The van der Waals surface area contributed by atoms with Crippen molar-refractivity contribution < 1.29 is 19.4 Å². The van der Waals surface area contributed by atoms with Gasteiger partial charge in [0.1, 0.15) is 0 Å². The largest absolute Gasteiger partial charge is 0.478 e. The van der Waals surface area contributed by atoms with Gasteiger partial charge in [-0.2, -0.15) is 0 Å². The van der Waals surface area contributed by atoms with E-state index in [1.165, 1.54) is 0 Å². The number of hydrogen-bond donors (Lipinski definition) is 1. The Morgan fingerprint density at radius 1 is 1.42 bits per heavy atom. The molecule has 0 spiro atoms. The van der Waals surface area contributed by atoms with Crippen molar-refractivity contribution in [3.05, 3.63) is 35.4 Å². The summed E-state index contributed by atoms with van der Waals surface area (Å²) in [6, 6.07) is 7.07. The molecule has 1 N–H and O–H groups in total. The van der Waals surface area contributed by atoms with Gasteiger partial charge in [0, 0.05) is 13.1 Å². The number of carbonyl (C=O) groups is 1. The van der Waals surface area contributed by atoms with E-state index in [1.807, 2.05) is 19.2 Å². The average Bonchev–Trinajstić information content (AvgIpc) is 2.40. The zero-order chi connectivity index (χ0) is 13.7. The van der Waals surface area contributed by atoms with E-state index in [-0.39, 0.29) is 6.10 Å². The number of hydrogen-bond acceptors (Lipinski definition) is 4. The Morgan fingerprint density at radius 2 is 2.21 bits per heavy atom. The van der Waals surface area contributed by atoms with E-state index in [0.717, 1.165) is 12.1 Å². The molecule has 0 unspecified atom stereocenters. The molecule has 1 aliphatic heterocycles. The number of carboxylic acids is 1. The van der Waals surface area contributed by atoms with Crippen molar-refractivity contribution in [2.45, 2.75) is 12.6 Å². The Hall–Kier alpha value is -1.43. The van der Waals surface area contributed by atoms with E-state index >= 15 is 0 Å². The standard InChI is InChI=1S/C14H19NO4/c1-15(9-12-10-18-6-7-19-12)8-11-4-2-3-5-13(11)14(16)17/h2-5,12H,6-10H2,1H3,(H,16,17)/t12-/m1/s1. The molecule has 2 rings (SSSR count). The van der Waals surface area contributed by atoms with Gasteiger partial charge in [-0.25, -0.2) is 4.79 Å². The van der Waals surface area contributed by atoms with E-state index in [0.29, 0.717) is 31.9 Å². The van der Waals surface area contributed by atoms with E-state index in [9.17, 15) is 4.79 Å². The minimum absolute atomic E-state index is 0.0655. The van der Waals surface area contributed by atoms with Gasteiger partial charge in [-0.3, -0.25) is 4.90 Å². The minimum Gasteiger partial charge on any atom is -0.478 e. The summed E-state index contributed by atoms with van der Waals surface area (Å²) in [7, 11) is 1.95. The van der Waals surface area contributed by atoms with Crippen LogP contribution in [0.1, 0.15) is 15.9 Å². The molecule has 19 heavy (non-hydrogen) atoms. The molecule has 1 heterocycles. The number of ether oxygens (including phenoxy) is 2. The molecule has 1 aliphatic rings. The fourth-order valence-electron chi connectivity index (χ4n) is 2.21. The Balaban J connectivity index is 1.94. The van der Waals surface area contributed by atoms with E-state index in [4.69, 9.17) is 14.6 Å². The molecule has 0 aliphatic carbocycles. The second kappa shape index (κ2) is 6.65. The number of rotatable bonds is 5. The third-order valence-electron chi connectivity index (χ3n) is 3.09. The van der Waals surface area contributed by atoms with Crippen LogP contribution in [0, 0.1) is 0 Å². The van der Waals surface area contributed by atoms with Crippen molar-refractivity contribution in [1.29, 1.82) is 0 Å². The first-order valence-corrected chi connectivity index (χ1v) is 6.36. The van der Waals surface area contributed by atoms with Crippen LogP contribution in [0.3, 0.4) is 0 Å². The Morgan fingerprint density at radius 3 is 2.89 bits per heavy atom. The van der Waals surface area contributed by atoms with E-state index < -0.39 is 5.97 Å². The second-order valence-electron chi connectivity index (χ2n) is 4.73. The topological polar surface area (TPSA) is 59.0 Å². The monoisotopic (exact) mass is 265 g/mol. The molecule has 5 heteroatoms. The van der Waals surface area contributed by atoms with Gasteiger partial charge in [0.15, 0.2) is 0 Å². The van der Waals surface area contributed by atoms with Crippen LogP contribution >= 0.6 is 0 Å². The van der Waals surface area contributed by atoms with Crippen molar-refractivity contribution in [2.24, 2.45) is 0 Å². The van der Waals surface area contributed by atoms with Crippen molar-refractivity contribution in [2.75, 3.05) is 33.4 Å². The van der Waals surface area contributed by atoms with Crippen LogP contribution in [0.25, 0.3) is 0 Å². The summed E-state index contributed by atoms with van der Waals surface area (Å²) < 4.78 is 10.9. The Kier molecular flexibility index (Phi) is 4.90. The highest BCUT2D eigenvalue weighted by atomic mass is 16.6. The number of carboxylic acid groups (broad SMARTS) is 1. The third-order valence-corrected chi connectivity index (χ3v) is 3.09. The van der Waals surface area contributed by atoms with Crippen LogP contribution in [-0.4, -0.2) is 55.5 Å². The average molecular weight is 265 g/mol. The lowest BCUT2D eigenvalue weighted by molar-refractivity contribution is -0.0962.